The molecule has 1 heterocycles. The van der Waals surface area contributed by atoms with Gasteiger partial charge in [0.25, 0.3) is 0 Å². The number of nitrogens with zero attached hydrogens (tertiary/aromatic N) is 1. The molecule has 0 spiro atoms. The van der Waals surface area contributed by atoms with E-state index in [-0.39, 0.29) is 5.82 Å². The molecule has 116 valence electrons. The molecule has 0 unspecified atom stereocenters. The quantitative estimate of drug-likeness (QED) is 0.885. The average Bonchev–Trinajstić information content (AvgIpc) is 2.94. The average molecular weight is 299 g/mol. The predicted octanol–water partition coefficient (Wildman–Crippen LogP) is 3.65. The van der Waals surface area contributed by atoms with Gasteiger partial charge in [0, 0.05) is 24.3 Å². The van der Waals surface area contributed by atoms with Crippen molar-refractivity contribution >= 4 is 5.82 Å². The van der Waals surface area contributed by atoms with Gasteiger partial charge >= 0.3 is 0 Å². The fraction of sp³-hybridized carbons (Fsp3) is 0.389. The van der Waals surface area contributed by atoms with Crippen molar-refractivity contribution < 1.29 is 4.39 Å². The van der Waals surface area contributed by atoms with E-state index in [9.17, 15) is 4.39 Å². The molecule has 22 heavy (non-hydrogen) atoms. The van der Waals surface area contributed by atoms with E-state index in [1.807, 2.05) is 37.3 Å². The lowest BCUT2D eigenvalue weighted by Crippen LogP contribution is -2.27. The number of benzene rings is 1. The molecule has 1 fully saturated rings. The molecular formula is C18H22FN3. The van der Waals surface area contributed by atoms with Gasteiger partial charge in [0.05, 0.1) is 0 Å². The summed E-state index contributed by atoms with van der Waals surface area (Å²) in [6.07, 6.45) is 3.40. The molecule has 0 saturated heterocycles. The zero-order valence-corrected chi connectivity index (χ0v) is 12.8. The van der Waals surface area contributed by atoms with Crippen LogP contribution >= 0.6 is 0 Å². The first-order valence-electron chi connectivity index (χ1n) is 7.87. The van der Waals surface area contributed by atoms with Gasteiger partial charge in [-0.3, -0.25) is 0 Å². The van der Waals surface area contributed by atoms with Gasteiger partial charge < -0.3 is 10.6 Å². The standard InChI is InChI=1S/C18H22FN3/c1-13-3-2-4-18(21-13)22-17-10-9-16(11-17)20-12-14-5-7-15(19)8-6-14/h2-8,16-17,20H,9-12H2,1H3,(H,21,22)/t16-,17+/m1/s1. The van der Waals surface area contributed by atoms with Crippen molar-refractivity contribution in [1.29, 1.82) is 0 Å². The second kappa shape index (κ2) is 6.88. The highest BCUT2D eigenvalue weighted by molar-refractivity contribution is 5.36. The zero-order valence-electron chi connectivity index (χ0n) is 12.8. The summed E-state index contributed by atoms with van der Waals surface area (Å²) < 4.78 is 12.9. The van der Waals surface area contributed by atoms with E-state index in [4.69, 9.17) is 0 Å². The van der Waals surface area contributed by atoms with Gasteiger partial charge in [0.15, 0.2) is 0 Å². The zero-order chi connectivity index (χ0) is 15.4. The van der Waals surface area contributed by atoms with E-state index in [2.05, 4.69) is 15.6 Å². The lowest BCUT2D eigenvalue weighted by Gasteiger charge is -2.15. The third kappa shape index (κ3) is 4.04. The van der Waals surface area contributed by atoms with Gasteiger partial charge in [-0.1, -0.05) is 18.2 Å². The third-order valence-corrected chi connectivity index (χ3v) is 4.18. The molecule has 1 aromatic heterocycles. The molecule has 4 heteroatoms. The maximum Gasteiger partial charge on any atom is 0.126 e. The van der Waals surface area contributed by atoms with Crippen LogP contribution in [0, 0.1) is 12.7 Å². The minimum atomic E-state index is -0.181. The van der Waals surface area contributed by atoms with Gasteiger partial charge in [-0.25, -0.2) is 9.37 Å². The fourth-order valence-electron chi connectivity index (χ4n) is 3.00. The number of nitrogens with one attached hydrogen (secondary N) is 2. The first-order chi connectivity index (χ1) is 10.7. The van der Waals surface area contributed by atoms with Crippen LogP contribution in [0.1, 0.15) is 30.5 Å². The van der Waals surface area contributed by atoms with Crippen molar-refractivity contribution in [2.75, 3.05) is 5.32 Å². The summed E-state index contributed by atoms with van der Waals surface area (Å²) >= 11 is 0. The molecule has 0 radical (unpaired) electrons. The van der Waals surface area contributed by atoms with Gasteiger partial charge in [0.1, 0.15) is 11.6 Å². The predicted molar refractivity (Wildman–Crippen MR) is 87.3 cm³/mol. The summed E-state index contributed by atoms with van der Waals surface area (Å²) in [6.45, 7) is 2.80. The van der Waals surface area contributed by atoms with Gasteiger partial charge in [-0.05, 0) is 56.0 Å². The normalized spacial score (nSPS) is 21.0. The number of hydrogen-bond acceptors (Lipinski definition) is 3. The Morgan fingerprint density at radius 3 is 2.64 bits per heavy atom. The molecule has 3 nitrogen and oxygen atoms in total. The van der Waals surface area contributed by atoms with Crippen molar-refractivity contribution in [1.82, 2.24) is 10.3 Å². The van der Waals surface area contributed by atoms with Gasteiger partial charge in [-0.15, -0.1) is 0 Å². The molecule has 2 aromatic rings. The van der Waals surface area contributed by atoms with E-state index in [0.717, 1.165) is 42.9 Å². The van der Waals surface area contributed by atoms with Crippen molar-refractivity contribution in [3.63, 3.8) is 0 Å². The molecule has 0 amide bonds. The van der Waals surface area contributed by atoms with Crippen LogP contribution in [0.4, 0.5) is 10.2 Å². The van der Waals surface area contributed by atoms with Crippen LogP contribution in [0.2, 0.25) is 0 Å². The molecule has 1 aliphatic rings. The molecule has 0 aliphatic heterocycles. The van der Waals surface area contributed by atoms with Crippen LogP contribution in [0.25, 0.3) is 0 Å². The van der Waals surface area contributed by atoms with Crippen molar-refractivity contribution in [2.24, 2.45) is 0 Å². The highest BCUT2D eigenvalue weighted by Crippen LogP contribution is 2.23. The summed E-state index contributed by atoms with van der Waals surface area (Å²) in [4.78, 5) is 4.50. The maximum atomic E-state index is 12.9. The van der Waals surface area contributed by atoms with Crippen LogP contribution in [-0.4, -0.2) is 17.1 Å². The number of anilines is 1. The smallest absolute Gasteiger partial charge is 0.126 e. The molecule has 3 rings (SSSR count). The minimum absolute atomic E-state index is 0.181. The molecular weight excluding hydrogens is 277 g/mol. The van der Waals surface area contributed by atoms with E-state index < -0.39 is 0 Å². The van der Waals surface area contributed by atoms with E-state index in [0.29, 0.717) is 12.1 Å². The second-order valence-electron chi connectivity index (χ2n) is 6.02. The Kier molecular flexibility index (Phi) is 4.68. The number of pyridine rings is 1. The van der Waals surface area contributed by atoms with Gasteiger partial charge in [0.2, 0.25) is 0 Å². The highest BCUT2D eigenvalue weighted by Gasteiger charge is 2.24. The Bertz CT molecular complexity index is 612. The first-order valence-corrected chi connectivity index (χ1v) is 7.87. The Morgan fingerprint density at radius 1 is 1.09 bits per heavy atom. The molecule has 2 N–H and O–H groups in total. The van der Waals surface area contributed by atoms with Crippen LogP contribution in [-0.2, 0) is 6.54 Å². The summed E-state index contributed by atoms with van der Waals surface area (Å²) in [7, 11) is 0. The Balaban J connectivity index is 1.47. The SMILES string of the molecule is Cc1cccc(N[C@H]2CC[C@@H](NCc3ccc(F)cc3)C2)n1. The largest absolute Gasteiger partial charge is 0.367 e. The fourth-order valence-corrected chi connectivity index (χ4v) is 3.00. The topological polar surface area (TPSA) is 37.0 Å². The van der Waals surface area contributed by atoms with Crippen LogP contribution < -0.4 is 10.6 Å². The van der Waals surface area contributed by atoms with E-state index >= 15 is 0 Å². The number of hydrogen-bond donors (Lipinski definition) is 2. The number of aromatic nitrogens is 1. The highest BCUT2D eigenvalue weighted by atomic mass is 19.1. The molecule has 1 aromatic carbocycles. The number of aryl methyl sites for hydroxylation is 1. The Labute approximate surface area is 131 Å². The Morgan fingerprint density at radius 2 is 1.86 bits per heavy atom. The van der Waals surface area contributed by atoms with Crippen LogP contribution in [0.3, 0.4) is 0 Å². The first kappa shape index (κ1) is 15.0. The number of halogens is 1. The molecule has 2 atom stereocenters. The van der Waals surface area contributed by atoms with Crippen LogP contribution in [0.5, 0.6) is 0 Å². The third-order valence-electron chi connectivity index (χ3n) is 4.18. The molecule has 0 bridgehead atoms. The monoisotopic (exact) mass is 299 g/mol. The summed E-state index contributed by atoms with van der Waals surface area (Å²) in [6, 6.07) is 13.7. The van der Waals surface area contributed by atoms with Crippen LogP contribution in [0.15, 0.2) is 42.5 Å². The summed E-state index contributed by atoms with van der Waals surface area (Å²) in [5.41, 5.74) is 2.16. The van der Waals surface area contributed by atoms with Crippen molar-refractivity contribution in [3.8, 4) is 0 Å². The summed E-state index contributed by atoms with van der Waals surface area (Å²) in [5, 5.41) is 7.08. The summed E-state index contributed by atoms with van der Waals surface area (Å²) in [5.74, 6) is 0.781. The molecule has 1 aliphatic carbocycles. The second-order valence-corrected chi connectivity index (χ2v) is 6.02. The maximum absolute atomic E-state index is 12.9. The molecule has 1 saturated carbocycles. The van der Waals surface area contributed by atoms with Crippen molar-refractivity contribution in [2.45, 2.75) is 44.8 Å². The lowest BCUT2D eigenvalue weighted by molar-refractivity contribution is 0.519. The van der Waals surface area contributed by atoms with E-state index in [1.165, 1.54) is 12.1 Å². The van der Waals surface area contributed by atoms with Gasteiger partial charge in [-0.2, -0.15) is 0 Å². The minimum Gasteiger partial charge on any atom is -0.367 e. The Hall–Kier alpha value is -1.94. The number of rotatable bonds is 5. The lowest BCUT2D eigenvalue weighted by atomic mass is 10.2. The van der Waals surface area contributed by atoms with E-state index in [1.54, 1.807) is 0 Å². The van der Waals surface area contributed by atoms with Crippen molar-refractivity contribution in [3.05, 3.63) is 59.5 Å².